The summed E-state index contributed by atoms with van der Waals surface area (Å²) < 4.78 is 37.8. The maximum Gasteiger partial charge on any atom is 0.416 e. The predicted molar refractivity (Wildman–Crippen MR) is 73.1 cm³/mol. The third-order valence-corrected chi connectivity index (χ3v) is 3.77. The zero-order chi connectivity index (χ0) is 15.6. The van der Waals surface area contributed by atoms with Crippen LogP contribution in [0.3, 0.4) is 0 Å². The molecule has 2 nitrogen and oxygen atoms in total. The van der Waals surface area contributed by atoms with Crippen LogP contribution in [0.1, 0.15) is 37.4 Å². The molecule has 0 aromatic heterocycles. The maximum atomic E-state index is 12.6. The molecule has 1 fully saturated rings. The molecule has 1 aliphatic rings. The van der Waals surface area contributed by atoms with Gasteiger partial charge in [-0.2, -0.15) is 13.2 Å². The molecule has 0 aliphatic carbocycles. The van der Waals surface area contributed by atoms with Gasteiger partial charge in [0.25, 0.3) is 5.91 Å². The van der Waals surface area contributed by atoms with Crippen LogP contribution in [-0.4, -0.2) is 17.4 Å². The normalized spacial score (nSPS) is 21.9. The van der Waals surface area contributed by atoms with Gasteiger partial charge in [-0.15, -0.1) is 0 Å². The highest BCUT2D eigenvalue weighted by Crippen LogP contribution is 2.38. The van der Waals surface area contributed by atoms with Crippen molar-refractivity contribution >= 4 is 5.91 Å². The van der Waals surface area contributed by atoms with Gasteiger partial charge < -0.3 is 4.90 Å². The first kappa shape index (κ1) is 15.4. The Morgan fingerprint density at radius 2 is 1.90 bits per heavy atom. The number of alkyl halides is 3. The van der Waals surface area contributed by atoms with Crippen LogP contribution in [-0.2, 0) is 11.0 Å². The van der Waals surface area contributed by atoms with E-state index < -0.39 is 11.7 Å². The number of carbonyl (C=O) groups is 1. The van der Waals surface area contributed by atoms with Crippen LogP contribution in [0.15, 0.2) is 24.3 Å². The Labute approximate surface area is 121 Å². The van der Waals surface area contributed by atoms with Gasteiger partial charge in [-0.3, -0.25) is 4.79 Å². The van der Waals surface area contributed by atoms with E-state index in [-0.39, 0.29) is 17.9 Å². The molecule has 2 rings (SSSR count). The monoisotopic (exact) mass is 295 g/mol. The van der Waals surface area contributed by atoms with E-state index in [9.17, 15) is 18.0 Å². The first-order valence-electron chi connectivity index (χ1n) is 6.75. The standard InChI is InChI=1S/C16H16F3NO/c1-3-4-14(21)20-10-9-11(2)15(20)12-5-7-13(8-6-12)16(17,18)19/h5-8,11,15H,9-10H2,1-2H3/t11-,15-/m1/s1. The highest BCUT2D eigenvalue weighted by atomic mass is 19.4. The fourth-order valence-corrected chi connectivity index (χ4v) is 2.73. The highest BCUT2D eigenvalue weighted by molar-refractivity contribution is 5.94. The van der Waals surface area contributed by atoms with Gasteiger partial charge in [0, 0.05) is 6.54 Å². The van der Waals surface area contributed by atoms with Crippen LogP contribution in [0.5, 0.6) is 0 Å². The average Bonchev–Trinajstić information content (AvgIpc) is 2.80. The van der Waals surface area contributed by atoms with Crippen LogP contribution in [0.4, 0.5) is 13.2 Å². The Bertz CT molecular complexity index is 580. The molecular formula is C16H16F3NO. The topological polar surface area (TPSA) is 20.3 Å². The SMILES string of the molecule is CC#CC(=O)N1CC[C@@H](C)[C@@H]1c1ccc(C(F)(F)F)cc1. The molecule has 0 N–H and O–H groups in total. The fraction of sp³-hybridized carbons (Fsp3) is 0.438. The molecule has 1 aromatic rings. The minimum Gasteiger partial charge on any atom is -0.325 e. The second kappa shape index (κ2) is 5.80. The molecule has 0 bridgehead atoms. The van der Waals surface area contributed by atoms with Gasteiger partial charge in [0.1, 0.15) is 0 Å². The van der Waals surface area contributed by atoms with E-state index in [0.717, 1.165) is 24.1 Å². The second-order valence-corrected chi connectivity index (χ2v) is 5.20. The average molecular weight is 295 g/mol. The molecule has 2 atom stereocenters. The highest BCUT2D eigenvalue weighted by Gasteiger charge is 2.36. The van der Waals surface area contributed by atoms with E-state index in [2.05, 4.69) is 11.8 Å². The third-order valence-electron chi connectivity index (χ3n) is 3.77. The van der Waals surface area contributed by atoms with Gasteiger partial charge in [0.15, 0.2) is 0 Å². The Morgan fingerprint density at radius 1 is 1.29 bits per heavy atom. The number of rotatable bonds is 1. The molecule has 1 aromatic carbocycles. The molecule has 1 saturated heterocycles. The van der Waals surface area contributed by atoms with Crippen molar-refractivity contribution in [2.75, 3.05) is 6.54 Å². The first-order chi connectivity index (χ1) is 9.84. The number of amides is 1. The summed E-state index contributed by atoms with van der Waals surface area (Å²) in [6.07, 6.45) is -3.52. The van der Waals surface area contributed by atoms with Crippen molar-refractivity contribution in [3.8, 4) is 11.8 Å². The molecule has 5 heteroatoms. The van der Waals surface area contributed by atoms with Crippen molar-refractivity contribution in [1.82, 2.24) is 4.90 Å². The lowest BCUT2D eigenvalue weighted by Gasteiger charge is -2.26. The Kier molecular flexibility index (Phi) is 4.26. The molecule has 112 valence electrons. The summed E-state index contributed by atoms with van der Waals surface area (Å²) in [5, 5.41) is 0. The Morgan fingerprint density at radius 3 is 2.43 bits per heavy atom. The van der Waals surface area contributed by atoms with E-state index in [1.807, 2.05) is 6.92 Å². The van der Waals surface area contributed by atoms with E-state index in [1.54, 1.807) is 11.8 Å². The number of likely N-dealkylation sites (tertiary alicyclic amines) is 1. The first-order valence-corrected chi connectivity index (χ1v) is 6.75. The summed E-state index contributed by atoms with van der Waals surface area (Å²) in [5.74, 6) is 5.00. The smallest absolute Gasteiger partial charge is 0.325 e. The molecule has 0 saturated carbocycles. The van der Waals surface area contributed by atoms with Crippen molar-refractivity contribution in [2.24, 2.45) is 5.92 Å². The summed E-state index contributed by atoms with van der Waals surface area (Å²) >= 11 is 0. The lowest BCUT2D eigenvalue weighted by Crippen LogP contribution is -2.30. The Hall–Kier alpha value is -1.96. The number of carbonyl (C=O) groups excluding carboxylic acids is 1. The van der Waals surface area contributed by atoms with E-state index in [4.69, 9.17) is 0 Å². The van der Waals surface area contributed by atoms with Gasteiger partial charge in [-0.1, -0.05) is 25.0 Å². The number of hydrogen-bond acceptors (Lipinski definition) is 1. The van der Waals surface area contributed by atoms with Crippen LogP contribution in [0.25, 0.3) is 0 Å². The summed E-state index contributed by atoms with van der Waals surface area (Å²) in [7, 11) is 0. The van der Waals surface area contributed by atoms with Gasteiger partial charge in [-0.25, -0.2) is 0 Å². The van der Waals surface area contributed by atoms with Crippen LogP contribution >= 0.6 is 0 Å². The van der Waals surface area contributed by atoms with Crippen LogP contribution in [0, 0.1) is 17.8 Å². The third kappa shape index (κ3) is 3.21. The van der Waals surface area contributed by atoms with E-state index >= 15 is 0 Å². The minimum atomic E-state index is -4.34. The minimum absolute atomic E-state index is 0.198. The number of nitrogens with zero attached hydrogens (tertiary/aromatic N) is 1. The number of halogens is 3. The van der Waals surface area contributed by atoms with Gasteiger partial charge >= 0.3 is 6.18 Å². The van der Waals surface area contributed by atoms with Crippen molar-refractivity contribution < 1.29 is 18.0 Å². The molecule has 0 radical (unpaired) electrons. The Balaban J connectivity index is 2.29. The van der Waals surface area contributed by atoms with E-state index in [1.165, 1.54) is 12.1 Å². The van der Waals surface area contributed by atoms with E-state index in [0.29, 0.717) is 6.54 Å². The second-order valence-electron chi connectivity index (χ2n) is 5.20. The zero-order valence-corrected chi connectivity index (χ0v) is 11.9. The molecule has 0 unspecified atom stereocenters. The van der Waals surface area contributed by atoms with Crippen molar-refractivity contribution in [1.29, 1.82) is 0 Å². The molecule has 1 amide bonds. The number of hydrogen-bond donors (Lipinski definition) is 0. The van der Waals surface area contributed by atoms with Crippen molar-refractivity contribution in [3.63, 3.8) is 0 Å². The largest absolute Gasteiger partial charge is 0.416 e. The number of benzene rings is 1. The molecule has 1 aliphatic heterocycles. The fourth-order valence-electron chi connectivity index (χ4n) is 2.73. The molecule has 0 spiro atoms. The molecule has 21 heavy (non-hydrogen) atoms. The van der Waals surface area contributed by atoms with Gasteiger partial charge in [0.05, 0.1) is 11.6 Å². The summed E-state index contributed by atoms with van der Waals surface area (Å²) in [6, 6.07) is 4.83. The summed E-state index contributed by atoms with van der Waals surface area (Å²) in [5.41, 5.74) is 0.0439. The zero-order valence-electron chi connectivity index (χ0n) is 11.9. The molecule has 1 heterocycles. The van der Waals surface area contributed by atoms with Gasteiger partial charge in [0.2, 0.25) is 0 Å². The van der Waals surface area contributed by atoms with Crippen LogP contribution < -0.4 is 0 Å². The maximum absolute atomic E-state index is 12.6. The van der Waals surface area contributed by atoms with Crippen LogP contribution in [0.2, 0.25) is 0 Å². The molecular weight excluding hydrogens is 279 g/mol. The van der Waals surface area contributed by atoms with Crippen molar-refractivity contribution in [3.05, 3.63) is 35.4 Å². The lowest BCUT2D eigenvalue weighted by molar-refractivity contribution is -0.137. The van der Waals surface area contributed by atoms with Crippen molar-refractivity contribution in [2.45, 2.75) is 32.5 Å². The quantitative estimate of drug-likeness (QED) is 0.724. The summed E-state index contributed by atoms with van der Waals surface area (Å²) in [4.78, 5) is 13.6. The summed E-state index contributed by atoms with van der Waals surface area (Å²) in [6.45, 7) is 4.17. The predicted octanol–water partition coefficient (Wildman–Crippen LogP) is 3.64. The lowest BCUT2D eigenvalue weighted by atomic mass is 9.94. The van der Waals surface area contributed by atoms with Gasteiger partial charge in [-0.05, 0) is 42.9 Å².